The Morgan fingerprint density at radius 1 is 1.15 bits per heavy atom. The van der Waals surface area contributed by atoms with Crippen LogP contribution in [0.5, 0.6) is 5.75 Å². The molecule has 2 fully saturated rings. The van der Waals surface area contributed by atoms with E-state index in [2.05, 4.69) is 33.8 Å². The van der Waals surface area contributed by atoms with E-state index in [0.29, 0.717) is 18.1 Å². The van der Waals surface area contributed by atoms with Gasteiger partial charge in [-0.1, -0.05) is 31.0 Å². The average molecular weight is 374 g/mol. The summed E-state index contributed by atoms with van der Waals surface area (Å²) in [5.74, 6) is 1.86. The second kappa shape index (κ2) is 9.98. The van der Waals surface area contributed by atoms with E-state index in [1.165, 1.54) is 50.5 Å². The predicted octanol–water partition coefficient (Wildman–Crippen LogP) is 3.88. The molecule has 27 heavy (non-hydrogen) atoms. The summed E-state index contributed by atoms with van der Waals surface area (Å²) in [6.07, 6.45) is 10.3. The monoisotopic (exact) mass is 373 g/mol. The number of methoxy groups -OCH3 is 1. The molecule has 2 N–H and O–H groups in total. The van der Waals surface area contributed by atoms with Crippen LogP contribution in [-0.4, -0.2) is 39.4 Å². The second-order valence-corrected chi connectivity index (χ2v) is 8.01. The summed E-state index contributed by atoms with van der Waals surface area (Å²) in [5, 5.41) is 7.02. The molecule has 0 aliphatic heterocycles. The Kier molecular flexibility index (Phi) is 7.39. The van der Waals surface area contributed by atoms with Crippen LogP contribution in [-0.2, 0) is 11.3 Å². The van der Waals surface area contributed by atoms with Crippen molar-refractivity contribution in [3.8, 4) is 5.75 Å². The predicted molar refractivity (Wildman–Crippen MR) is 110 cm³/mol. The summed E-state index contributed by atoms with van der Waals surface area (Å²) in [7, 11) is 3.63. The highest BCUT2D eigenvalue weighted by Gasteiger charge is 2.33. The van der Waals surface area contributed by atoms with E-state index in [1.54, 1.807) is 7.11 Å². The fourth-order valence-electron chi connectivity index (χ4n) is 4.06. The first-order valence-electron chi connectivity index (χ1n) is 10.4. The zero-order valence-corrected chi connectivity index (χ0v) is 16.9. The number of rotatable bonds is 9. The molecular weight excluding hydrogens is 338 g/mol. The van der Waals surface area contributed by atoms with Crippen molar-refractivity contribution in [3.05, 3.63) is 29.8 Å². The van der Waals surface area contributed by atoms with E-state index in [4.69, 9.17) is 9.47 Å². The van der Waals surface area contributed by atoms with Gasteiger partial charge in [0, 0.05) is 39.4 Å². The first-order valence-corrected chi connectivity index (χ1v) is 10.4. The molecule has 2 saturated carbocycles. The highest BCUT2D eigenvalue weighted by Crippen LogP contribution is 2.40. The Morgan fingerprint density at radius 2 is 1.93 bits per heavy atom. The van der Waals surface area contributed by atoms with Crippen LogP contribution in [0.2, 0.25) is 0 Å². The molecular formula is C22H35N3O2. The van der Waals surface area contributed by atoms with E-state index in [1.807, 2.05) is 13.1 Å². The third-order valence-corrected chi connectivity index (χ3v) is 6.12. The Labute approximate surface area is 163 Å². The van der Waals surface area contributed by atoms with Crippen molar-refractivity contribution in [2.75, 3.05) is 27.3 Å². The third kappa shape index (κ3) is 5.61. The molecule has 0 amide bonds. The number of benzene rings is 1. The lowest BCUT2D eigenvalue weighted by atomic mass is 9.83. The van der Waals surface area contributed by atoms with Crippen LogP contribution in [0.4, 0.5) is 0 Å². The molecule has 1 aromatic rings. The first-order chi connectivity index (χ1) is 13.2. The van der Waals surface area contributed by atoms with Crippen molar-refractivity contribution < 1.29 is 9.47 Å². The fourth-order valence-corrected chi connectivity index (χ4v) is 4.06. The number of hydrogen-bond acceptors (Lipinski definition) is 3. The SMILES string of the molecule is CN=C(NCc1ccccc1OC1CCC1)NCC1(CCOC)CCCC1. The minimum atomic E-state index is 0.346. The summed E-state index contributed by atoms with van der Waals surface area (Å²) in [5.41, 5.74) is 1.53. The minimum Gasteiger partial charge on any atom is -0.490 e. The highest BCUT2D eigenvalue weighted by molar-refractivity contribution is 5.79. The van der Waals surface area contributed by atoms with Crippen molar-refractivity contribution in [1.82, 2.24) is 10.6 Å². The zero-order valence-electron chi connectivity index (χ0n) is 16.9. The standard InChI is InChI=1S/C22H35N3O2/c1-23-21(25-17-22(14-15-26-2)12-5-6-13-22)24-16-18-8-3-4-11-20(18)27-19-9-7-10-19/h3-4,8,11,19H,5-7,9-10,12-17H2,1-2H3,(H2,23,24,25). The maximum atomic E-state index is 6.13. The largest absolute Gasteiger partial charge is 0.490 e. The van der Waals surface area contributed by atoms with Crippen molar-refractivity contribution in [3.63, 3.8) is 0 Å². The van der Waals surface area contributed by atoms with Gasteiger partial charge in [-0.05, 0) is 50.0 Å². The Morgan fingerprint density at radius 3 is 2.59 bits per heavy atom. The Bertz CT molecular complexity index is 607. The number of ether oxygens (including phenoxy) is 2. The van der Waals surface area contributed by atoms with Crippen molar-refractivity contribution in [1.29, 1.82) is 0 Å². The number of nitrogens with one attached hydrogen (secondary N) is 2. The average Bonchev–Trinajstić information content (AvgIpc) is 3.13. The normalized spacial score (nSPS) is 19.6. The van der Waals surface area contributed by atoms with Crippen LogP contribution >= 0.6 is 0 Å². The van der Waals surface area contributed by atoms with Crippen molar-refractivity contribution in [2.24, 2.45) is 10.4 Å². The van der Waals surface area contributed by atoms with Gasteiger partial charge >= 0.3 is 0 Å². The summed E-state index contributed by atoms with van der Waals surface area (Å²) >= 11 is 0. The molecule has 0 heterocycles. The highest BCUT2D eigenvalue weighted by atomic mass is 16.5. The lowest BCUT2D eigenvalue weighted by Crippen LogP contribution is -2.43. The van der Waals surface area contributed by atoms with Gasteiger partial charge in [0.05, 0.1) is 6.10 Å². The molecule has 1 aromatic carbocycles. The number of guanidine groups is 1. The topological polar surface area (TPSA) is 54.9 Å². The van der Waals surface area contributed by atoms with Crippen LogP contribution < -0.4 is 15.4 Å². The maximum absolute atomic E-state index is 6.13. The summed E-state index contributed by atoms with van der Waals surface area (Å²) in [6, 6.07) is 8.32. The number of para-hydroxylation sites is 1. The maximum Gasteiger partial charge on any atom is 0.191 e. The molecule has 2 aliphatic carbocycles. The van der Waals surface area contributed by atoms with Gasteiger partial charge in [0.2, 0.25) is 0 Å². The Hall–Kier alpha value is -1.75. The zero-order chi connectivity index (χ0) is 19.0. The summed E-state index contributed by atoms with van der Waals surface area (Å²) < 4.78 is 11.5. The van der Waals surface area contributed by atoms with E-state index >= 15 is 0 Å². The Balaban J connectivity index is 1.52. The third-order valence-electron chi connectivity index (χ3n) is 6.12. The fraction of sp³-hybridized carbons (Fsp3) is 0.682. The molecule has 0 spiro atoms. The van der Waals surface area contributed by atoms with E-state index in [-0.39, 0.29) is 0 Å². The van der Waals surface area contributed by atoms with E-state index < -0.39 is 0 Å². The first kappa shape index (κ1) is 20.0. The van der Waals surface area contributed by atoms with E-state index in [0.717, 1.165) is 31.3 Å². The molecule has 0 aromatic heterocycles. The van der Waals surface area contributed by atoms with Gasteiger partial charge in [-0.3, -0.25) is 4.99 Å². The quantitative estimate of drug-likeness (QED) is 0.509. The summed E-state index contributed by atoms with van der Waals surface area (Å²) in [6.45, 7) is 2.50. The van der Waals surface area contributed by atoms with Crippen LogP contribution in [0.15, 0.2) is 29.3 Å². The van der Waals surface area contributed by atoms with Gasteiger partial charge in [0.15, 0.2) is 5.96 Å². The van der Waals surface area contributed by atoms with Crippen LogP contribution in [0.25, 0.3) is 0 Å². The molecule has 5 nitrogen and oxygen atoms in total. The molecule has 0 atom stereocenters. The van der Waals surface area contributed by atoms with Crippen molar-refractivity contribution in [2.45, 2.75) is 64.0 Å². The summed E-state index contributed by atoms with van der Waals surface area (Å²) in [4.78, 5) is 4.42. The lowest BCUT2D eigenvalue weighted by molar-refractivity contribution is 0.119. The molecule has 0 bridgehead atoms. The number of aliphatic imine (C=N–C) groups is 1. The van der Waals surface area contributed by atoms with Gasteiger partial charge in [-0.25, -0.2) is 0 Å². The molecule has 0 radical (unpaired) electrons. The van der Waals surface area contributed by atoms with Crippen LogP contribution in [0.1, 0.15) is 56.9 Å². The van der Waals surface area contributed by atoms with Gasteiger partial charge in [-0.2, -0.15) is 0 Å². The minimum absolute atomic E-state index is 0.346. The molecule has 5 heteroatoms. The molecule has 3 rings (SSSR count). The van der Waals surface area contributed by atoms with Crippen LogP contribution in [0, 0.1) is 5.41 Å². The van der Waals surface area contributed by atoms with Gasteiger partial charge < -0.3 is 20.1 Å². The van der Waals surface area contributed by atoms with Gasteiger partial charge in [0.1, 0.15) is 5.75 Å². The number of hydrogen-bond donors (Lipinski definition) is 2. The van der Waals surface area contributed by atoms with E-state index in [9.17, 15) is 0 Å². The van der Waals surface area contributed by atoms with Crippen LogP contribution in [0.3, 0.4) is 0 Å². The van der Waals surface area contributed by atoms with Gasteiger partial charge in [-0.15, -0.1) is 0 Å². The number of nitrogens with zero attached hydrogens (tertiary/aromatic N) is 1. The smallest absolute Gasteiger partial charge is 0.191 e. The van der Waals surface area contributed by atoms with Crippen molar-refractivity contribution >= 4 is 5.96 Å². The molecule has 0 saturated heterocycles. The lowest BCUT2D eigenvalue weighted by Gasteiger charge is -2.30. The molecule has 2 aliphatic rings. The molecule has 0 unspecified atom stereocenters. The molecule has 150 valence electrons. The van der Waals surface area contributed by atoms with Gasteiger partial charge in [0.25, 0.3) is 0 Å². The second-order valence-electron chi connectivity index (χ2n) is 8.01.